The molecule has 6 nitrogen and oxygen atoms in total. The molecule has 1 amide bonds. The van der Waals surface area contributed by atoms with Crippen molar-refractivity contribution in [1.29, 1.82) is 0 Å². The molecule has 0 aliphatic rings. The van der Waals surface area contributed by atoms with Crippen LogP contribution in [0, 0.1) is 0 Å². The summed E-state index contributed by atoms with van der Waals surface area (Å²) >= 11 is 17.9. The van der Waals surface area contributed by atoms with Crippen LogP contribution in [0.4, 0.5) is 5.69 Å². The summed E-state index contributed by atoms with van der Waals surface area (Å²) in [5, 5.41) is 3.62. The zero-order valence-corrected chi connectivity index (χ0v) is 20.5. The number of Topliss-reactive ketones (excluding diaryl/α,β-unsaturated/α-hetero) is 1. The largest absolute Gasteiger partial charge is 0.325 e. The van der Waals surface area contributed by atoms with E-state index in [9.17, 15) is 18.0 Å². The molecule has 0 heterocycles. The maximum Gasteiger partial charge on any atom is 0.243 e. The topological polar surface area (TPSA) is 83.6 Å². The molecule has 1 N–H and O–H groups in total. The smallest absolute Gasteiger partial charge is 0.243 e. The molecule has 3 aromatic rings. The second-order valence-electron chi connectivity index (χ2n) is 7.16. The number of carbonyl (C=O) groups excluding carboxylic acids is 2. The Bertz CT molecular complexity index is 1300. The minimum Gasteiger partial charge on any atom is -0.325 e. The average molecular weight is 526 g/mol. The minimum atomic E-state index is -4.06. The van der Waals surface area contributed by atoms with Crippen LogP contribution in [0.25, 0.3) is 0 Å². The van der Waals surface area contributed by atoms with E-state index in [1.54, 1.807) is 36.4 Å². The van der Waals surface area contributed by atoms with Gasteiger partial charge in [0.1, 0.15) is 0 Å². The predicted octanol–water partition coefficient (Wildman–Crippen LogP) is 5.68. The van der Waals surface area contributed by atoms with Crippen LogP contribution < -0.4 is 5.32 Å². The highest BCUT2D eigenvalue weighted by Crippen LogP contribution is 2.25. The molecule has 0 fully saturated rings. The van der Waals surface area contributed by atoms with Crippen molar-refractivity contribution in [3.05, 3.63) is 92.9 Å². The zero-order chi connectivity index (χ0) is 24.2. The number of ketones is 1. The third kappa shape index (κ3) is 6.56. The number of carbonyl (C=O) groups is 2. The van der Waals surface area contributed by atoms with Gasteiger partial charge < -0.3 is 5.32 Å². The van der Waals surface area contributed by atoms with Crippen molar-refractivity contribution in [3.63, 3.8) is 0 Å². The van der Waals surface area contributed by atoms with Crippen LogP contribution in [0.2, 0.25) is 15.1 Å². The lowest BCUT2D eigenvalue weighted by atomic mass is 10.1. The summed E-state index contributed by atoms with van der Waals surface area (Å²) < 4.78 is 27.7. The number of rotatable bonds is 8. The van der Waals surface area contributed by atoms with Gasteiger partial charge >= 0.3 is 0 Å². The first-order valence-corrected chi connectivity index (χ1v) is 12.2. The lowest BCUT2D eigenvalue weighted by Gasteiger charge is -2.22. The molecule has 0 bridgehead atoms. The summed E-state index contributed by atoms with van der Waals surface area (Å²) in [6.45, 7) is 0.816. The van der Waals surface area contributed by atoms with E-state index in [1.807, 2.05) is 0 Å². The summed E-state index contributed by atoms with van der Waals surface area (Å²) in [7, 11) is -4.06. The van der Waals surface area contributed by atoms with Gasteiger partial charge in [0.2, 0.25) is 15.9 Å². The van der Waals surface area contributed by atoms with Crippen molar-refractivity contribution < 1.29 is 18.0 Å². The van der Waals surface area contributed by atoms with Crippen molar-refractivity contribution >= 4 is 62.2 Å². The molecule has 0 atom stereocenters. The van der Waals surface area contributed by atoms with Gasteiger partial charge in [-0.15, -0.1) is 0 Å². The molecule has 0 unspecified atom stereocenters. The molecule has 0 saturated heterocycles. The maximum atomic E-state index is 13.3. The zero-order valence-electron chi connectivity index (χ0n) is 17.4. The first kappa shape index (κ1) is 25.2. The van der Waals surface area contributed by atoms with E-state index in [4.69, 9.17) is 34.8 Å². The fourth-order valence-electron chi connectivity index (χ4n) is 3.00. The Kier molecular flexibility index (Phi) is 8.15. The highest BCUT2D eigenvalue weighted by atomic mass is 35.5. The van der Waals surface area contributed by atoms with Gasteiger partial charge in [-0.2, -0.15) is 4.31 Å². The van der Waals surface area contributed by atoms with Crippen molar-refractivity contribution in [3.8, 4) is 0 Å². The van der Waals surface area contributed by atoms with E-state index in [0.29, 0.717) is 26.9 Å². The van der Waals surface area contributed by atoms with E-state index in [1.165, 1.54) is 37.3 Å². The maximum absolute atomic E-state index is 13.3. The third-order valence-electron chi connectivity index (χ3n) is 4.67. The number of anilines is 1. The molecule has 33 heavy (non-hydrogen) atoms. The summed E-state index contributed by atoms with van der Waals surface area (Å²) in [5.74, 6) is -0.731. The van der Waals surface area contributed by atoms with Gasteiger partial charge in [-0.1, -0.05) is 53.0 Å². The number of halogens is 3. The third-order valence-corrected chi connectivity index (χ3v) is 7.46. The monoisotopic (exact) mass is 524 g/mol. The second-order valence-corrected chi connectivity index (χ2v) is 10.3. The van der Waals surface area contributed by atoms with Crippen LogP contribution in [-0.4, -0.2) is 31.0 Å². The van der Waals surface area contributed by atoms with Crippen LogP contribution in [0.1, 0.15) is 22.8 Å². The molecule has 0 aliphatic carbocycles. The normalized spacial score (nSPS) is 11.4. The van der Waals surface area contributed by atoms with E-state index in [-0.39, 0.29) is 22.2 Å². The number of nitrogens with one attached hydrogen (secondary N) is 1. The highest BCUT2D eigenvalue weighted by Gasteiger charge is 2.27. The lowest BCUT2D eigenvalue weighted by Crippen LogP contribution is -2.37. The molecule has 3 rings (SSSR count). The highest BCUT2D eigenvalue weighted by molar-refractivity contribution is 7.89. The molecule has 0 spiro atoms. The van der Waals surface area contributed by atoms with Gasteiger partial charge in [0, 0.05) is 22.8 Å². The molecule has 10 heteroatoms. The number of nitrogens with zero attached hydrogens (tertiary/aromatic N) is 1. The van der Waals surface area contributed by atoms with Gasteiger partial charge in [0.15, 0.2) is 5.78 Å². The number of amides is 1. The number of benzene rings is 3. The first-order chi connectivity index (χ1) is 15.6. The van der Waals surface area contributed by atoms with Crippen molar-refractivity contribution in [2.45, 2.75) is 18.4 Å². The van der Waals surface area contributed by atoms with Gasteiger partial charge in [0.05, 0.1) is 21.5 Å². The summed E-state index contributed by atoms with van der Waals surface area (Å²) in [6.07, 6.45) is 0. The molecule has 3 aromatic carbocycles. The van der Waals surface area contributed by atoms with Gasteiger partial charge in [0.25, 0.3) is 0 Å². The second kappa shape index (κ2) is 10.7. The molecule has 0 aliphatic heterocycles. The van der Waals surface area contributed by atoms with Crippen molar-refractivity contribution in [1.82, 2.24) is 4.31 Å². The van der Waals surface area contributed by atoms with Crippen LogP contribution in [0.3, 0.4) is 0 Å². The summed E-state index contributed by atoms with van der Waals surface area (Å²) in [4.78, 5) is 24.4. The average Bonchev–Trinajstić information content (AvgIpc) is 2.76. The molecular weight excluding hydrogens is 507 g/mol. The van der Waals surface area contributed by atoms with Crippen LogP contribution in [0.5, 0.6) is 0 Å². The SMILES string of the molecule is CC(=O)c1cccc(NC(=O)CN(Cc2ccc(Cl)c(Cl)c2)S(=O)(=O)c2ccc(Cl)cc2)c1. The number of sulfonamides is 1. The Balaban J connectivity index is 1.89. The van der Waals surface area contributed by atoms with E-state index in [2.05, 4.69) is 5.32 Å². The Hall–Kier alpha value is -2.42. The molecule has 0 aromatic heterocycles. The van der Waals surface area contributed by atoms with Crippen LogP contribution in [-0.2, 0) is 21.4 Å². The van der Waals surface area contributed by atoms with Gasteiger partial charge in [-0.05, 0) is 61.0 Å². The van der Waals surface area contributed by atoms with Crippen LogP contribution >= 0.6 is 34.8 Å². The Morgan fingerprint density at radius 2 is 1.61 bits per heavy atom. The minimum absolute atomic E-state index is 0.0154. The first-order valence-electron chi connectivity index (χ1n) is 9.67. The Morgan fingerprint density at radius 1 is 0.909 bits per heavy atom. The summed E-state index contributed by atoms with van der Waals surface area (Å²) in [6, 6.07) is 16.8. The molecular formula is C23H19Cl3N2O4S. The molecule has 0 saturated carbocycles. The standard InChI is InChI=1S/C23H19Cl3N2O4S/c1-15(29)17-3-2-4-19(12-17)27-23(30)14-28(13-16-5-10-21(25)22(26)11-16)33(31,32)20-8-6-18(24)7-9-20/h2-12H,13-14H2,1H3,(H,27,30). The van der Waals surface area contributed by atoms with Gasteiger partial charge in [-0.25, -0.2) is 8.42 Å². The number of hydrogen-bond donors (Lipinski definition) is 1. The fourth-order valence-corrected chi connectivity index (χ4v) is 4.83. The number of hydrogen-bond acceptors (Lipinski definition) is 4. The lowest BCUT2D eigenvalue weighted by molar-refractivity contribution is -0.116. The van der Waals surface area contributed by atoms with Crippen molar-refractivity contribution in [2.24, 2.45) is 0 Å². The van der Waals surface area contributed by atoms with E-state index in [0.717, 1.165) is 4.31 Å². The Morgan fingerprint density at radius 3 is 2.24 bits per heavy atom. The Labute approximate surface area is 207 Å². The molecule has 0 radical (unpaired) electrons. The summed E-state index contributed by atoms with van der Waals surface area (Å²) in [5.41, 5.74) is 1.36. The molecule has 172 valence electrons. The predicted molar refractivity (Wildman–Crippen MR) is 131 cm³/mol. The van der Waals surface area contributed by atoms with E-state index < -0.39 is 22.5 Å². The fraction of sp³-hybridized carbons (Fsp3) is 0.130. The van der Waals surface area contributed by atoms with Crippen LogP contribution in [0.15, 0.2) is 71.6 Å². The quantitative estimate of drug-likeness (QED) is 0.384. The van der Waals surface area contributed by atoms with E-state index >= 15 is 0 Å². The van der Waals surface area contributed by atoms with Gasteiger partial charge in [-0.3, -0.25) is 9.59 Å². The van der Waals surface area contributed by atoms with Crippen molar-refractivity contribution in [2.75, 3.05) is 11.9 Å².